The summed E-state index contributed by atoms with van der Waals surface area (Å²) in [6.07, 6.45) is 1.36. The second kappa shape index (κ2) is 9.73. The van der Waals surface area contributed by atoms with Gasteiger partial charge in [0, 0.05) is 29.1 Å². The summed E-state index contributed by atoms with van der Waals surface area (Å²) in [6, 6.07) is 13.7. The van der Waals surface area contributed by atoms with Crippen LogP contribution in [0.1, 0.15) is 12.6 Å². The van der Waals surface area contributed by atoms with Crippen molar-refractivity contribution < 1.29 is 19.1 Å². The fourth-order valence-corrected chi connectivity index (χ4v) is 4.13. The molecule has 33 heavy (non-hydrogen) atoms. The van der Waals surface area contributed by atoms with E-state index >= 15 is 0 Å². The summed E-state index contributed by atoms with van der Waals surface area (Å²) in [6.45, 7) is 2.31. The van der Waals surface area contributed by atoms with Crippen molar-refractivity contribution in [1.29, 1.82) is 5.26 Å². The van der Waals surface area contributed by atoms with Crippen molar-refractivity contribution in [2.75, 3.05) is 23.4 Å². The third-order valence-electron chi connectivity index (χ3n) is 4.54. The Labute approximate surface area is 198 Å². The van der Waals surface area contributed by atoms with Gasteiger partial charge in [-0.2, -0.15) is 5.26 Å². The van der Waals surface area contributed by atoms with E-state index in [2.05, 4.69) is 10.3 Å². The fraction of sp³-hybridized carbons (Fsp3) is 0.130. The lowest BCUT2D eigenvalue weighted by molar-refractivity contribution is -0.116. The van der Waals surface area contributed by atoms with E-state index < -0.39 is 5.91 Å². The summed E-state index contributed by atoms with van der Waals surface area (Å²) in [5.74, 6) is 0.275. The normalized spacial score (nSPS) is 12.6. The predicted molar refractivity (Wildman–Crippen MR) is 126 cm³/mol. The molecule has 2 amide bonds. The average molecular weight is 481 g/mol. The lowest BCUT2D eigenvalue weighted by Crippen LogP contribution is -2.22. The summed E-state index contributed by atoms with van der Waals surface area (Å²) >= 11 is 7.26. The van der Waals surface area contributed by atoms with E-state index in [1.165, 1.54) is 29.2 Å². The molecule has 0 saturated heterocycles. The lowest BCUT2D eigenvalue weighted by atomic mass is 10.2. The summed E-state index contributed by atoms with van der Waals surface area (Å²) in [7, 11) is 0. The number of halogens is 1. The predicted octanol–water partition coefficient (Wildman–Crippen LogP) is 4.80. The molecular formula is C23H17ClN4O4S. The number of ether oxygens (including phenoxy) is 2. The number of nitrogens with zero attached hydrogens (tertiary/aromatic N) is 3. The Balaban J connectivity index is 1.54. The molecule has 0 unspecified atom stereocenters. The third kappa shape index (κ3) is 5.14. The Kier molecular flexibility index (Phi) is 6.58. The van der Waals surface area contributed by atoms with Crippen LogP contribution in [0.15, 0.2) is 53.4 Å². The topological polar surface area (TPSA) is 105 Å². The summed E-state index contributed by atoms with van der Waals surface area (Å²) < 4.78 is 11.0. The number of fused-ring (bicyclic) bond motifs is 1. The number of carbonyl (C=O) groups excluding carboxylic acids is 2. The van der Waals surface area contributed by atoms with E-state index in [4.69, 9.17) is 21.1 Å². The number of nitriles is 1. The maximum absolute atomic E-state index is 12.6. The van der Waals surface area contributed by atoms with Crippen LogP contribution in [0.5, 0.6) is 11.5 Å². The Morgan fingerprint density at radius 3 is 2.73 bits per heavy atom. The van der Waals surface area contributed by atoms with E-state index in [0.717, 1.165) is 0 Å². The molecule has 1 aliphatic rings. The SMILES string of the molecule is CC(=O)N(c1cccc(Cl)c1)c1nc(/C=C(\C#N)C(=O)Nc2ccc3c(c2)OCCO3)cs1. The van der Waals surface area contributed by atoms with E-state index in [1.54, 1.807) is 47.8 Å². The number of nitrogens with one attached hydrogen (secondary N) is 1. The molecule has 0 saturated carbocycles. The molecule has 0 atom stereocenters. The van der Waals surface area contributed by atoms with E-state index in [9.17, 15) is 14.9 Å². The van der Waals surface area contributed by atoms with Gasteiger partial charge < -0.3 is 14.8 Å². The zero-order chi connectivity index (χ0) is 23.4. The first kappa shape index (κ1) is 22.3. The number of anilines is 3. The number of hydrogen-bond acceptors (Lipinski definition) is 7. The molecule has 2 heterocycles. The molecule has 2 aromatic carbocycles. The van der Waals surface area contributed by atoms with Crippen molar-refractivity contribution in [2.24, 2.45) is 0 Å². The zero-order valence-electron chi connectivity index (χ0n) is 17.4. The summed E-state index contributed by atoms with van der Waals surface area (Å²) in [5, 5.41) is 14.7. The van der Waals surface area contributed by atoms with Gasteiger partial charge in [0.15, 0.2) is 16.6 Å². The van der Waals surface area contributed by atoms with Crippen LogP contribution in [-0.2, 0) is 9.59 Å². The quantitative estimate of drug-likeness (QED) is 0.415. The number of amides is 2. The minimum atomic E-state index is -0.595. The van der Waals surface area contributed by atoms with Gasteiger partial charge in [0.05, 0.1) is 11.4 Å². The minimum absolute atomic E-state index is 0.140. The van der Waals surface area contributed by atoms with Gasteiger partial charge in [-0.15, -0.1) is 11.3 Å². The standard InChI is InChI=1S/C23H17ClN4O4S/c1-14(29)28(19-4-2-3-16(24)10-19)23-27-18(13-33-23)9-15(12-25)22(30)26-17-5-6-20-21(11-17)32-8-7-31-20/h2-6,9-11,13H,7-8H2,1H3,(H,26,30)/b15-9+. The molecule has 0 aliphatic carbocycles. The highest BCUT2D eigenvalue weighted by molar-refractivity contribution is 7.14. The second-order valence-corrected chi connectivity index (χ2v) is 8.14. The molecule has 8 nitrogen and oxygen atoms in total. The highest BCUT2D eigenvalue weighted by Gasteiger charge is 2.19. The first-order valence-electron chi connectivity index (χ1n) is 9.79. The van der Waals surface area contributed by atoms with Crippen molar-refractivity contribution in [2.45, 2.75) is 6.92 Å². The first-order chi connectivity index (χ1) is 15.9. The van der Waals surface area contributed by atoms with Gasteiger partial charge >= 0.3 is 0 Å². The van der Waals surface area contributed by atoms with Crippen LogP contribution in [0, 0.1) is 11.3 Å². The average Bonchev–Trinajstić information content (AvgIpc) is 3.25. The van der Waals surface area contributed by atoms with Crippen LogP contribution in [0.3, 0.4) is 0 Å². The van der Waals surface area contributed by atoms with Gasteiger partial charge in [-0.1, -0.05) is 17.7 Å². The molecule has 0 radical (unpaired) electrons. The van der Waals surface area contributed by atoms with Gasteiger partial charge in [-0.3, -0.25) is 14.5 Å². The van der Waals surface area contributed by atoms with Gasteiger partial charge in [-0.25, -0.2) is 4.98 Å². The number of aromatic nitrogens is 1. The van der Waals surface area contributed by atoms with Crippen molar-refractivity contribution in [3.63, 3.8) is 0 Å². The summed E-state index contributed by atoms with van der Waals surface area (Å²) in [4.78, 5) is 30.7. The van der Waals surface area contributed by atoms with Crippen LogP contribution >= 0.6 is 22.9 Å². The Morgan fingerprint density at radius 1 is 1.21 bits per heavy atom. The Morgan fingerprint density at radius 2 is 2.00 bits per heavy atom. The smallest absolute Gasteiger partial charge is 0.266 e. The monoisotopic (exact) mass is 480 g/mol. The third-order valence-corrected chi connectivity index (χ3v) is 5.62. The number of benzene rings is 2. The number of carbonyl (C=O) groups is 2. The number of rotatable bonds is 5. The molecule has 1 aromatic heterocycles. The molecule has 0 fully saturated rings. The van der Waals surface area contributed by atoms with Crippen molar-refractivity contribution in [3.05, 3.63) is 64.1 Å². The molecule has 1 N–H and O–H groups in total. The Bertz CT molecular complexity index is 1300. The van der Waals surface area contributed by atoms with E-state index in [1.807, 2.05) is 6.07 Å². The van der Waals surface area contributed by atoms with Gasteiger partial charge in [-0.05, 0) is 36.4 Å². The highest BCUT2D eigenvalue weighted by atomic mass is 35.5. The molecule has 0 spiro atoms. The number of thiazole rings is 1. The maximum Gasteiger partial charge on any atom is 0.266 e. The van der Waals surface area contributed by atoms with Gasteiger partial charge in [0.2, 0.25) is 5.91 Å². The molecule has 3 aromatic rings. The van der Waals surface area contributed by atoms with E-state index in [0.29, 0.717) is 51.9 Å². The van der Waals surface area contributed by atoms with Crippen LogP contribution in [0.25, 0.3) is 6.08 Å². The van der Waals surface area contributed by atoms with Gasteiger partial charge in [0.25, 0.3) is 5.91 Å². The molecule has 166 valence electrons. The zero-order valence-corrected chi connectivity index (χ0v) is 18.9. The fourth-order valence-electron chi connectivity index (χ4n) is 3.10. The van der Waals surface area contributed by atoms with Crippen molar-refractivity contribution in [1.82, 2.24) is 4.98 Å². The van der Waals surface area contributed by atoms with Crippen LogP contribution in [0.4, 0.5) is 16.5 Å². The number of hydrogen-bond donors (Lipinski definition) is 1. The van der Waals surface area contributed by atoms with Gasteiger partial charge in [0.1, 0.15) is 24.9 Å². The minimum Gasteiger partial charge on any atom is -0.486 e. The second-order valence-electron chi connectivity index (χ2n) is 6.87. The van der Waals surface area contributed by atoms with E-state index in [-0.39, 0.29) is 11.5 Å². The first-order valence-corrected chi connectivity index (χ1v) is 11.0. The Hall–Kier alpha value is -3.87. The summed E-state index contributed by atoms with van der Waals surface area (Å²) in [5.41, 5.74) is 1.26. The molecule has 10 heteroatoms. The van der Waals surface area contributed by atoms with Crippen molar-refractivity contribution in [3.8, 4) is 17.6 Å². The molecule has 1 aliphatic heterocycles. The molecule has 0 bridgehead atoms. The molecule has 4 rings (SSSR count). The molecular weight excluding hydrogens is 464 g/mol. The maximum atomic E-state index is 12.6. The largest absolute Gasteiger partial charge is 0.486 e. The van der Waals surface area contributed by atoms with Crippen LogP contribution < -0.4 is 19.7 Å². The van der Waals surface area contributed by atoms with Crippen LogP contribution in [-0.4, -0.2) is 30.0 Å². The van der Waals surface area contributed by atoms with Crippen LogP contribution in [0.2, 0.25) is 5.02 Å². The lowest BCUT2D eigenvalue weighted by Gasteiger charge is -2.18. The highest BCUT2D eigenvalue weighted by Crippen LogP contribution is 2.33. The van der Waals surface area contributed by atoms with Crippen molar-refractivity contribution >= 4 is 57.3 Å².